The number of carbonyl (C=O) groups is 2. The third kappa shape index (κ3) is 6.58. The standard InChI is InChI=1S/C24H31FN2O3/c1-6-18(4)26-24(29)19(5)27(14-20-8-10-21(25)11-9-20)23(28)15-30-22-12-7-16(2)17(3)13-22/h7-13,18-19H,6,14-15H2,1-5H3,(H,26,29)/t18-,19-/m0/s1. The molecule has 0 aliphatic rings. The van der Waals surface area contributed by atoms with Gasteiger partial charge in [-0.2, -0.15) is 0 Å². The number of nitrogens with zero attached hydrogens (tertiary/aromatic N) is 1. The molecule has 0 saturated carbocycles. The minimum Gasteiger partial charge on any atom is -0.484 e. The number of rotatable bonds is 9. The quantitative estimate of drug-likeness (QED) is 0.671. The van der Waals surface area contributed by atoms with Gasteiger partial charge in [0.25, 0.3) is 5.91 Å². The first-order chi connectivity index (χ1) is 14.2. The van der Waals surface area contributed by atoms with Crippen LogP contribution in [-0.4, -0.2) is 35.4 Å². The summed E-state index contributed by atoms with van der Waals surface area (Å²) in [5.74, 6) is -0.294. The third-order valence-corrected chi connectivity index (χ3v) is 5.28. The van der Waals surface area contributed by atoms with E-state index < -0.39 is 6.04 Å². The van der Waals surface area contributed by atoms with Crippen LogP contribution in [0.5, 0.6) is 5.75 Å². The van der Waals surface area contributed by atoms with Crippen molar-refractivity contribution in [3.05, 3.63) is 65.0 Å². The fraction of sp³-hybridized carbons (Fsp3) is 0.417. The van der Waals surface area contributed by atoms with Crippen molar-refractivity contribution in [2.24, 2.45) is 0 Å². The number of hydrogen-bond acceptors (Lipinski definition) is 3. The van der Waals surface area contributed by atoms with Crippen molar-refractivity contribution in [1.29, 1.82) is 0 Å². The lowest BCUT2D eigenvalue weighted by molar-refractivity contribution is -0.142. The highest BCUT2D eigenvalue weighted by Gasteiger charge is 2.27. The average Bonchev–Trinajstić information content (AvgIpc) is 2.73. The van der Waals surface area contributed by atoms with Gasteiger partial charge in [0.1, 0.15) is 17.6 Å². The summed E-state index contributed by atoms with van der Waals surface area (Å²) in [4.78, 5) is 27.1. The van der Waals surface area contributed by atoms with Crippen LogP contribution < -0.4 is 10.1 Å². The monoisotopic (exact) mass is 414 g/mol. The van der Waals surface area contributed by atoms with Gasteiger partial charge in [-0.05, 0) is 75.1 Å². The van der Waals surface area contributed by atoms with Crippen molar-refractivity contribution in [3.63, 3.8) is 0 Å². The predicted octanol–water partition coefficient (Wildman–Crippen LogP) is 4.15. The van der Waals surface area contributed by atoms with E-state index in [1.54, 1.807) is 19.1 Å². The van der Waals surface area contributed by atoms with Crippen LogP contribution >= 0.6 is 0 Å². The zero-order valence-electron chi connectivity index (χ0n) is 18.4. The van der Waals surface area contributed by atoms with Crippen LogP contribution in [0.3, 0.4) is 0 Å². The first-order valence-corrected chi connectivity index (χ1v) is 10.3. The van der Waals surface area contributed by atoms with E-state index in [1.165, 1.54) is 17.0 Å². The highest BCUT2D eigenvalue weighted by Crippen LogP contribution is 2.17. The van der Waals surface area contributed by atoms with Gasteiger partial charge in [-0.1, -0.05) is 25.1 Å². The summed E-state index contributed by atoms with van der Waals surface area (Å²) in [6, 6.07) is 10.9. The normalized spacial score (nSPS) is 12.7. The molecule has 0 heterocycles. The molecule has 2 aromatic rings. The second kappa shape index (κ2) is 10.8. The van der Waals surface area contributed by atoms with Gasteiger partial charge in [0.05, 0.1) is 0 Å². The van der Waals surface area contributed by atoms with Crippen molar-refractivity contribution in [3.8, 4) is 5.75 Å². The maximum absolute atomic E-state index is 13.3. The Labute approximate surface area is 178 Å². The summed E-state index contributed by atoms with van der Waals surface area (Å²) in [6.45, 7) is 9.57. The number of nitrogens with one attached hydrogen (secondary N) is 1. The van der Waals surface area contributed by atoms with Gasteiger partial charge in [-0.15, -0.1) is 0 Å². The second-order valence-electron chi connectivity index (χ2n) is 7.68. The molecule has 0 aliphatic carbocycles. The van der Waals surface area contributed by atoms with E-state index in [-0.39, 0.29) is 36.8 Å². The molecule has 0 unspecified atom stereocenters. The number of ether oxygens (including phenoxy) is 1. The van der Waals surface area contributed by atoms with Gasteiger partial charge in [0, 0.05) is 12.6 Å². The molecule has 162 valence electrons. The van der Waals surface area contributed by atoms with Crippen LogP contribution in [0.25, 0.3) is 0 Å². The average molecular weight is 415 g/mol. The molecule has 30 heavy (non-hydrogen) atoms. The van der Waals surface area contributed by atoms with E-state index in [2.05, 4.69) is 5.32 Å². The van der Waals surface area contributed by atoms with Crippen LogP contribution in [0.15, 0.2) is 42.5 Å². The highest BCUT2D eigenvalue weighted by atomic mass is 19.1. The minimum atomic E-state index is -0.695. The zero-order valence-corrected chi connectivity index (χ0v) is 18.4. The molecule has 0 bridgehead atoms. The maximum Gasteiger partial charge on any atom is 0.261 e. The molecule has 2 rings (SSSR count). The molecule has 0 aromatic heterocycles. The lowest BCUT2D eigenvalue weighted by Gasteiger charge is -2.29. The summed E-state index contributed by atoms with van der Waals surface area (Å²) >= 11 is 0. The maximum atomic E-state index is 13.3. The molecule has 6 heteroatoms. The van der Waals surface area contributed by atoms with Crippen LogP contribution in [0.1, 0.15) is 43.9 Å². The number of carbonyl (C=O) groups excluding carboxylic acids is 2. The summed E-state index contributed by atoms with van der Waals surface area (Å²) in [6.07, 6.45) is 0.792. The molecule has 2 aromatic carbocycles. The van der Waals surface area contributed by atoms with Crippen LogP contribution in [0, 0.1) is 19.7 Å². The smallest absolute Gasteiger partial charge is 0.261 e. The van der Waals surface area contributed by atoms with Crippen molar-refractivity contribution >= 4 is 11.8 Å². The molecular formula is C24H31FN2O3. The lowest BCUT2D eigenvalue weighted by atomic mass is 10.1. The van der Waals surface area contributed by atoms with Crippen LogP contribution in [-0.2, 0) is 16.1 Å². The Hall–Kier alpha value is -2.89. The van der Waals surface area contributed by atoms with E-state index in [0.29, 0.717) is 5.75 Å². The number of benzene rings is 2. The fourth-order valence-electron chi connectivity index (χ4n) is 2.87. The van der Waals surface area contributed by atoms with Gasteiger partial charge in [0.2, 0.25) is 5.91 Å². The molecule has 5 nitrogen and oxygen atoms in total. The van der Waals surface area contributed by atoms with Gasteiger partial charge in [-0.25, -0.2) is 4.39 Å². The number of hydrogen-bond donors (Lipinski definition) is 1. The number of aryl methyl sites for hydroxylation is 2. The Balaban J connectivity index is 2.15. The van der Waals surface area contributed by atoms with Gasteiger partial charge in [-0.3, -0.25) is 9.59 Å². The summed E-state index contributed by atoms with van der Waals surface area (Å²) < 4.78 is 18.9. The fourth-order valence-corrected chi connectivity index (χ4v) is 2.87. The molecule has 2 amide bonds. The van der Waals surface area contributed by atoms with E-state index in [9.17, 15) is 14.0 Å². The third-order valence-electron chi connectivity index (χ3n) is 5.28. The van der Waals surface area contributed by atoms with E-state index in [1.807, 2.05) is 45.9 Å². The van der Waals surface area contributed by atoms with E-state index in [0.717, 1.165) is 23.1 Å². The van der Waals surface area contributed by atoms with Crippen molar-refractivity contribution in [2.45, 2.75) is 59.7 Å². The first kappa shape index (κ1) is 23.4. The first-order valence-electron chi connectivity index (χ1n) is 10.3. The minimum absolute atomic E-state index is 0.00880. The summed E-state index contributed by atoms with van der Waals surface area (Å²) in [5, 5.41) is 2.91. The number of amides is 2. The molecular weight excluding hydrogens is 383 g/mol. The Bertz CT molecular complexity index is 867. The summed E-state index contributed by atoms with van der Waals surface area (Å²) in [5.41, 5.74) is 2.95. The molecule has 0 radical (unpaired) electrons. The second-order valence-corrected chi connectivity index (χ2v) is 7.68. The Morgan fingerprint density at radius 3 is 2.33 bits per heavy atom. The van der Waals surface area contributed by atoms with Gasteiger partial charge < -0.3 is 15.0 Å². The zero-order chi connectivity index (χ0) is 22.3. The Morgan fingerprint density at radius 1 is 1.07 bits per heavy atom. The Morgan fingerprint density at radius 2 is 1.73 bits per heavy atom. The van der Waals surface area contributed by atoms with Crippen molar-refractivity contribution < 1.29 is 18.7 Å². The molecule has 0 spiro atoms. The molecule has 0 saturated heterocycles. The number of halogens is 1. The van der Waals surface area contributed by atoms with Crippen LogP contribution in [0.4, 0.5) is 4.39 Å². The highest BCUT2D eigenvalue weighted by molar-refractivity contribution is 5.88. The van der Waals surface area contributed by atoms with E-state index in [4.69, 9.17) is 4.74 Å². The molecule has 0 fully saturated rings. The molecule has 2 atom stereocenters. The predicted molar refractivity (Wildman–Crippen MR) is 116 cm³/mol. The lowest BCUT2D eigenvalue weighted by Crippen LogP contribution is -2.50. The van der Waals surface area contributed by atoms with E-state index >= 15 is 0 Å². The largest absolute Gasteiger partial charge is 0.484 e. The van der Waals surface area contributed by atoms with Gasteiger partial charge in [0.15, 0.2) is 6.61 Å². The van der Waals surface area contributed by atoms with Crippen molar-refractivity contribution in [2.75, 3.05) is 6.61 Å². The summed E-state index contributed by atoms with van der Waals surface area (Å²) in [7, 11) is 0. The molecule has 0 aliphatic heterocycles. The molecule has 1 N–H and O–H groups in total. The topological polar surface area (TPSA) is 58.6 Å². The Kier molecular flexibility index (Phi) is 8.39. The SMILES string of the molecule is CC[C@H](C)NC(=O)[C@H](C)N(Cc1ccc(F)cc1)C(=O)COc1ccc(C)c(C)c1. The van der Waals surface area contributed by atoms with Gasteiger partial charge >= 0.3 is 0 Å². The van der Waals surface area contributed by atoms with Crippen LogP contribution in [0.2, 0.25) is 0 Å². The van der Waals surface area contributed by atoms with Crippen molar-refractivity contribution in [1.82, 2.24) is 10.2 Å².